The summed E-state index contributed by atoms with van der Waals surface area (Å²) in [6, 6.07) is 0. The maximum Gasteiger partial charge on any atom is 0.427 e. The van der Waals surface area contributed by atoms with Crippen LogP contribution in [0.1, 0.15) is 0 Å². The molecule has 0 bridgehead atoms. The largest absolute Gasteiger partial charge is 0.427 e. The van der Waals surface area contributed by atoms with Gasteiger partial charge in [0.25, 0.3) is 4.33 Å². The van der Waals surface area contributed by atoms with E-state index in [9.17, 15) is 39.5 Å². The Labute approximate surface area is 130 Å². The van der Waals surface area contributed by atoms with Gasteiger partial charge in [0, 0.05) is 0 Å². The summed E-state index contributed by atoms with van der Waals surface area (Å²) in [5, 5.41) is -6.10. The lowest BCUT2D eigenvalue weighted by Crippen LogP contribution is -2.67. The third-order valence-corrected chi connectivity index (χ3v) is 3.75. The molecule has 0 aliphatic carbocycles. The van der Waals surface area contributed by atoms with Gasteiger partial charge < -0.3 is 0 Å². The average Bonchev–Trinajstić information content (AvgIpc) is 2.12. The van der Waals surface area contributed by atoms with Crippen molar-refractivity contribution in [2.45, 2.75) is 32.1 Å². The highest BCUT2D eigenvalue weighted by Crippen LogP contribution is 2.63. The van der Waals surface area contributed by atoms with Gasteiger partial charge in [0.2, 0.25) is 0 Å². The fraction of sp³-hybridized carbons (Fsp3) is 1.00. The molecule has 1 unspecified atom stereocenters. The molecule has 0 aromatic carbocycles. The number of alkyl halides is 14. The molecule has 14 heteroatoms. The number of hydrogen-bond donors (Lipinski definition) is 0. The van der Waals surface area contributed by atoms with E-state index in [1.165, 1.54) is 0 Å². The van der Waals surface area contributed by atoms with Crippen LogP contribution in [-0.2, 0) is 0 Å². The fourth-order valence-electron chi connectivity index (χ4n) is 0.750. The zero-order valence-electron chi connectivity index (χ0n) is 8.29. The van der Waals surface area contributed by atoms with Gasteiger partial charge in [-0.3, -0.25) is 0 Å². The number of rotatable bonds is 4. The number of halogens is 14. The SMILES string of the molecule is FC(F)(F)C(Cl)(Cl)C(F)(F)C(F)(Cl)C(F)(F)C(F)(Cl)Cl. The first kappa shape index (κ1) is 20.8. The Morgan fingerprint density at radius 2 is 0.800 bits per heavy atom. The Morgan fingerprint density at radius 3 is 1.00 bits per heavy atom. The second kappa shape index (κ2) is 5.18. The van der Waals surface area contributed by atoms with Crippen molar-refractivity contribution in [1.82, 2.24) is 0 Å². The minimum atomic E-state index is -6.44. The average molecular weight is 420 g/mol. The lowest BCUT2D eigenvalue weighted by Gasteiger charge is -2.41. The van der Waals surface area contributed by atoms with E-state index in [-0.39, 0.29) is 0 Å². The second-order valence-corrected chi connectivity index (χ2v) is 6.38. The van der Waals surface area contributed by atoms with Crippen LogP contribution in [0, 0.1) is 0 Å². The highest BCUT2D eigenvalue weighted by molar-refractivity contribution is 6.51. The van der Waals surface area contributed by atoms with Crippen LogP contribution in [0.25, 0.3) is 0 Å². The monoisotopic (exact) mass is 418 g/mol. The van der Waals surface area contributed by atoms with Gasteiger partial charge in [-0.05, 0) is 0 Å². The molecule has 0 aromatic rings. The van der Waals surface area contributed by atoms with Crippen LogP contribution in [0.15, 0.2) is 0 Å². The second-order valence-electron chi connectivity index (χ2n) is 3.29. The summed E-state index contributed by atoms with van der Waals surface area (Å²) in [4.78, 5) is 0. The normalized spacial score (nSPS) is 18.9. The Bertz CT molecular complexity index is 332. The molecule has 0 radical (unpaired) electrons. The predicted molar refractivity (Wildman–Crippen MR) is 55.6 cm³/mol. The molecule has 0 N–H and O–H groups in total. The van der Waals surface area contributed by atoms with Crippen LogP contribution < -0.4 is 0 Å². The first-order valence-electron chi connectivity index (χ1n) is 3.90. The molecule has 1 atom stereocenters. The van der Waals surface area contributed by atoms with Crippen molar-refractivity contribution in [3.63, 3.8) is 0 Å². The van der Waals surface area contributed by atoms with Crippen molar-refractivity contribution in [1.29, 1.82) is 0 Å². The summed E-state index contributed by atoms with van der Waals surface area (Å²) in [7, 11) is 0. The Morgan fingerprint density at radius 1 is 0.500 bits per heavy atom. The molecule has 0 spiro atoms. The molecule has 0 aromatic heterocycles. The van der Waals surface area contributed by atoms with Crippen molar-refractivity contribution in [2.75, 3.05) is 0 Å². The number of hydrogen-bond acceptors (Lipinski definition) is 0. The van der Waals surface area contributed by atoms with E-state index < -0.39 is 32.1 Å². The lowest BCUT2D eigenvalue weighted by atomic mass is 10.0. The van der Waals surface area contributed by atoms with Gasteiger partial charge in [-0.15, -0.1) is 0 Å². The lowest BCUT2D eigenvalue weighted by molar-refractivity contribution is -0.269. The minimum Gasteiger partial charge on any atom is -0.212 e. The van der Waals surface area contributed by atoms with Gasteiger partial charge in [0.15, 0.2) is 0 Å². The summed E-state index contributed by atoms with van der Waals surface area (Å²) in [6.07, 6.45) is -6.31. The molecule has 20 heavy (non-hydrogen) atoms. The Kier molecular flexibility index (Phi) is 5.39. The summed E-state index contributed by atoms with van der Waals surface area (Å²) in [5.41, 5.74) is 0. The predicted octanol–water partition coefficient (Wildman–Crippen LogP) is 6.00. The van der Waals surface area contributed by atoms with E-state index in [1.807, 2.05) is 0 Å². The molecular formula is C6Cl5F9. The molecule has 0 heterocycles. The van der Waals surface area contributed by atoms with Gasteiger partial charge in [-0.1, -0.05) is 58.0 Å². The summed E-state index contributed by atoms with van der Waals surface area (Å²) in [5.74, 6) is -12.7. The summed E-state index contributed by atoms with van der Waals surface area (Å²) in [6.45, 7) is 0. The molecule has 0 amide bonds. The van der Waals surface area contributed by atoms with Gasteiger partial charge in [0.1, 0.15) is 0 Å². The topological polar surface area (TPSA) is 0 Å². The summed E-state index contributed by atoms with van der Waals surface area (Å²) >= 11 is 20.6. The zero-order valence-corrected chi connectivity index (χ0v) is 12.1. The Balaban J connectivity index is 6.08. The fourth-order valence-corrected chi connectivity index (χ4v) is 1.74. The van der Waals surface area contributed by atoms with Crippen molar-refractivity contribution in [3.05, 3.63) is 0 Å². The van der Waals surface area contributed by atoms with Gasteiger partial charge in [0.05, 0.1) is 0 Å². The van der Waals surface area contributed by atoms with Crippen LogP contribution in [0.5, 0.6) is 0 Å². The maximum atomic E-state index is 13.4. The van der Waals surface area contributed by atoms with Crippen molar-refractivity contribution < 1.29 is 39.5 Å². The minimum absolute atomic E-state index is 4.05. The summed E-state index contributed by atoms with van der Waals surface area (Å²) < 4.78 is 105. The van der Waals surface area contributed by atoms with Gasteiger partial charge in [-0.2, -0.15) is 30.7 Å². The first-order chi connectivity index (χ1) is 8.25. The molecule has 0 rings (SSSR count). The standard InChI is InChI=1S/C6Cl5F9/c7-1(8,6(18,19)20)3(13,14)2(9,12)4(15,16)5(10,11)17. The third-order valence-electron chi connectivity index (χ3n) is 1.90. The van der Waals surface area contributed by atoms with E-state index in [2.05, 4.69) is 58.0 Å². The van der Waals surface area contributed by atoms with E-state index in [0.717, 1.165) is 0 Å². The Hall–Kier alpha value is 0.820. The van der Waals surface area contributed by atoms with Crippen LogP contribution in [0.4, 0.5) is 39.5 Å². The quantitative estimate of drug-likeness (QED) is 0.387. The van der Waals surface area contributed by atoms with Crippen molar-refractivity contribution in [3.8, 4) is 0 Å². The molecule has 0 saturated heterocycles. The smallest absolute Gasteiger partial charge is 0.212 e. The van der Waals surface area contributed by atoms with Crippen molar-refractivity contribution >= 4 is 58.0 Å². The van der Waals surface area contributed by atoms with Crippen LogP contribution in [-0.4, -0.2) is 32.1 Å². The van der Waals surface area contributed by atoms with Crippen LogP contribution in [0.2, 0.25) is 0 Å². The highest BCUT2D eigenvalue weighted by Gasteiger charge is 2.86. The van der Waals surface area contributed by atoms with Gasteiger partial charge in [-0.25, -0.2) is 8.78 Å². The van der Waals surface area contributed by atoms with Gasteiger partial charge >= 0.3 is 27.7 Å². The molecule has 0 aliphatic heterocycles. The maximum absolute atomic E-state index is 13.4. The van der Waals surface area contributed by atoms with Crippen LogP contribution >= 0.6 is 58.0 Å². The van der Waals surface area contributed by atoms with E-state index >= 15 is 0 Å². The highest BCUT2D eigenvalue weighted by atomic mass is 35.5. The molecule has 0 saturated carbocycles. The van der Waals surface area contributed by atoms with E-state index in [1.54, 1.807) is 0 Å². The zero-order chi connectivity index (χ0) is 17.0. The third kappa shape index (κ3) is 2.85. The van der Waals surface area contributed by atoms with Crippen LogP contribution in [0.3, 0.4) is 0 Å². The van der Waals surface area contributed by atoms with Crippen molar-refractivity contribution in [2.24, 2.45) is 0 Å². The van der Waals surface area contributed by atoms with E-state index in [0.29, 0.717) is 0 Å². The molecule has 0 aliphatic rings. The molecule has 0 nitrogen and oxygen atoms in total. The molecule has 122 valence electrons. The van der Waals surface area contributed by atoms with E-state index in [4.69, 9.17) is 0 Å². The molecule has 0 fully saturated rings. The molecular weight excluding hydrogens is 420 g/mol. The first-order valence-corrected chi connectivity index (χ1v) is 5.79.